The summed E-state index contributed by atoms with van der Waals surface area (Å²) in [6.07, 6.45) is 2.59. The van der Waals surface area contributed by atoms with Crippen LogP contribution in [0.2, 0.25) is 0 Å². The van der Waals surface area contributed by atoms with Gasteiger partial charge in [0.2, 0.25) is 0 Å². The molecule has 0 atom stereocenters. The van der Waals surface area contributed by atoms with Crippen molar-refractivity contribution >= 4 is 23.1 Å². The van der Waals surface area contributed by atoms with E-state index >= 15 is 0 Å². The highest BCUT2D eigenvalue weighted by atomic mass is 32.2. The number of aryl methyl sites for hydroxylation is 1. The molecule has 0 radical (unpaired) electrons. The molecule has 0 aromatic carbocycles. The van der Waals surface area contributed by atoms with Crippen LogP contribution in [-0.4, -0.2) is 10.7 Å². The average Bonchev–Trinajstić information content (AvgIpc) is 2.37. The minimum atomic E-state index is 1.19. The van der Waals surface area contributed by atoms with Gasteiger partial charge in [-0.15, -0.1) is 23.1 Å². The summed E-state index contributed by atoms with van der Waals surface area (Å²) < 4.78 is 1.39. The monoisotopic (exact) mass is 187 g/mol. The third-order valence-electron chi connectivity index (χ3n) is 1.43. The van der Waals surface area contributed by atoms with E-state index in [1.165, 1.54) is 28.5 Å². The molecule has 0 aliphatic heterocycles. The van der Waals surface area contributed by atoms with E-state index in [4.69, 9.17) is 0 Å². The second-order valence-electron chi connectivity index (χ2n) is 2.43. The zero-order valence-corrected chi connectivity index (χ0v) is 8.60. The van der Waals surface area contributed by atoms with Gasteiger partial charge in [-0.2, -0.15) is 0 Å². The van der Waals surface area contributed by atoms with Crippen molar-refractivity contribution in [3.8, 4) is 0 Å². The summed E-state index contributed by atoms with van der Waals surface area (Å²) in [6.45, 7) is 4.30. The first-order chi connectivity index (χ1) is 5.34. The largest absolute Gasteiger partial charge is 0.249 e. The van der Waals surface area contributed by atoms with Crippen LogP contribution in [0.3, 0.4) is 0 Å². The molecule has 0 saturated carbocycles. The third kappa shape index (κ3) is 2.83. The maximum atomic E-state index is 4.19. The summed E-state index contributed by atoms with van der Waals surface area (Å²) >= 11 is 3.69. The predicted molar refractivity (Wildman–Crippen MR) is 52.5 cm³/mol. The molecule has 0 N–H and O–H groups in total. The SMILES string of the molecule is CCCCSc1scnc1C. The molecule has 3 heteroatoms. The Bertz CT molecular complexity index is 208. The molecule has 0 aliphatic rings. The Labute approximate surface area is 76.2 Å². The van der Waals surface area contributed by atoms with E-state index in [0.29, 0.717) is 0 Å². The first-order valence-electron chi connectivity index (χ1n) is 3.87. The molecule has 0 bridgehead atoms. The number of rotatable bonds is 4. The Morgan fingerprint density at radius 3 is 3.00 bits per heavy atom. The normalized spacial score (nSPS) is 10.4. The number of hydrogen-bond donors (Lipinski definition) is 0. The Morgan fingerprint density at radius 2 is 2.45 bits per heavy atom. The van der Waals surface area contributed by atoms with Gasteiger partial charge < -0.3 is 0 Å². The molecule has 1 aromatic rings. The highest BCUT2D eigenvalue weighted by molar-refractivity contribution is 8.01. The molecule has 1 aromatic heterocycles. The van der Waals surface area contributed by atoms with Crippen LogP contribution in [0, 0.1) is 6.92 Å². The molecular formula is C8H13NS2. The summed E-state index contributed by atoms with van der Waals surface area (Å²) in [4.78, 5) is 4.19. The Morgan fingerprint density at radius 1 is 1.64 bits per heavy atom. The number of unbranched alkanes of at least 4 members (excludes halogenated alkanes) is 1. The van der Waals surface area contributed by atoms with Crippen molar-refractivity contribution in [1.82, 2.24) is 4.98 Å². The second-order valence-corrected chi connectivity index (χ2v) is 4.65. The average molecular weight is 187 g/mol. The molecule has 0 unspecified atom stereocenters. The Kier molecular flexibility index (Phi) is 3.94. The molecule has 0 amide bonds. The van der Waals surface area contributed by atoms with Crippen LogP contribution in [0.15, 0.2) is 9.72 Å². The van der Waals surface area contributed by atoms with Gasteiger partial charge in [-0.05, 0) is 19.1 Å². The van der Waals surface area contributed by atoms with Gasteiger partial charge >= 0.3 is 0 Å². The summed E-state index contributed by atoms with van der Waals surface area (Å²) in [5, 5.41) is 0. The lowest BCUT2D eigenvalue weighted by atomic mass is 10.4. The number of hydrogen-bond acceptors (Lipinski definition) is 3. The van der Waals surface area contributed by atoms with Crippen molar-refractivity contribution in [3.05, 3.63) is 11.2 Å². The molecule has 1 heterocycles. The standard InChI is InChI=1S/C8H13NS2/c1-3-4-5-10-8-7(2)9-6-11-8/h6H,3-5H2,1-2H3. The Hall–Kier alpha value is -0.0200. The molecular weight excluding hydrogens is 174 g/mol. The highest BCUT2D eigenvalue weighted by Crippen LogP contribution is 2.26. The minimum absolute atomic E-state index is 1.19. The number of thioether (sulfide) groups is 1. The number of aromatic nitrogens is 1. The molecule has 1 rings (SSSR count). The quantitative estimate of drug-likeness (QED) is 0.529. The number of nitrogens with zero attached hydrogens (tertiary/aromatic N) is 1. The summed E-state index contributed by atoms with van der Waals surface area (Å²) in [5.74, 6) is 1.24. The third-order valence-corrected chi connectivity index (χ3v) is 3.85. The van der Waals surface area contributed by atoms with Gasteiger partial charge in [0.15, 0.2) is 0 Å². The first-order valence-corrected chi connectivity index (χ1v) is 5.74. The van der Waals surface area contributed by atoms with Crippen molar-refractivity contribution in [2.75, 3.05) is 5.75 Å². The fourth-order valence-corrected chi connectivity index (χ4v) is 2.80. The number of thiazole rings is 1. The van der Waals surface area contributed by atoms with Crippen molar-refractivity contribution in [2.24, 2.45) is 0 Å². The van der Waals surface area contributed by atoms with Gasteiger partial charge in [-0.3, -0.25) is 0 Å². The second kappa shape index (κ2) is 4.78. The van der Waals surface area contributed by atoms with E-state index in [1.54, 1.807) is 11.3 Å². The van der Waals surface area contributed by atoms with Gasteiger partial charge in [-0.1, -0.05) is 13.3 Å². The van der Waals surface area contributed by atoms with E-state index in [0.717, 1.165) is 0 Å². The Balaban J connectivity index is 2.32. The fourth-order valence-electron chi connectivity index (χ4n) is 0.739. The lowest BCUT2D eigenvalue weighted by molar-refractivity contribution is 0.896. The van der Waals surface area contributed by atoms with Crippen LogP contribution in [0.5, 0.6) is 0 Å². The zero-order valence-electron chi connectivity index (χ0n) is 6.96. The van der Waals surface area contributed by atoms with E-state index in [1.807, 2.05) is 17.3 Å². The lowest BCUT2D eigenvalue weighted by Gasteiger charge is -1.95. The van der Waals surface area contributed by atoms with E-state index in [-0.39, 0.29) is 0 Å². The zero-order chi connectivity index (χ0) is 8.10. The fraction of sp³-hybridized carbons (Fsp3) is 0.625. The molecule has 11 heavy (non-hydrogen) atoms. The van der Waals surface area contributed by atoms with Gasteiger partial charge in [0, 0.05) is 0 Å². The van der Waals surface area contributed by atoms with Crippen molar-refractivity contribution < 1.29 is 0 Å². The smallest absolute Gasteiger partial charge is 0.0827 e. The van der Waals surface area contributed by atoms with Crippen LogP contribution in [0.4, 0.5) is 0 Å². The highest BCUT2D eigenvalue weighted by Gasteiger charge is 1.99. The molecule has 0 aliphatic carbocycles. The van der Waals surface area contributed by atoms with Crippen LogP contribution in [0.1, 0.15) is 25.5 Å². The van der Waals surface area contributed by atoms with Crippen molar-refractivity contribution in [3.63, 3.8) is 0 Å². The summed E-state index contributed by atoms with van der Waals surface area (Å²) in [5.41, 5.74) is 3.11. The molecule has 0 spiro atoms. The maximum absolute atomic E-state index is 4.19. The molecule has 62 valence electrons. The molecule has 0 saturated heterocycles. The summed E-state index contributed by atoms with van der Waals surface area (Å²) in [7, 11) is 0. The lowest BCUT2D eigenvalue weighted by Crippen LogP contribution is -1.77. The topological polar surface area (TPSA) is 12.9 Å². The van der Waals surface area contributed by atoms with Crippen molar-refractivity contribution in [2.45, 2.75) is 30.9 Å². The van der Waals surface area contributed by atoms with E-state index in [2.05, 4.69) is 18.8 Å². The predicted octanol–water partition coefficient (Wildman–Crippen LogP) is 3.34. The van der Waals surface area contributed by atoms with Crippen LogP contribution in [-0.2, 0) is 0 Å². The van der Waals surface area contributed by atoms with Crippen LogP contribution < -0.4 is 0 Å². The van der Waals surface area contributed by atoms with Gasteiger partial charge in [0.1, 0.15) is 0 Å². The van der Waals surface area contributed by atoms with Gasteiger partial charge in [0.05, 0.1) is 15.4 Å². The maximum Gasteiger partial charge on any atom is 0.0827 e. The van der Waals surface area contributed by atoms with Crippen molar-refractivity contribution in [1.29, 1.82) is 0 Å². The first kappa shape index (κ1) is 9.07. The molecule has 0 fully saturated rings. The molecule has 1 nitrogen and oxygen atoms in total. The van der Waals surface area contributed by atoms with E-state index < -0.39 is 0 Å². The van der Waals surface area contributed by atoms with Crippen LogP contribution >= 0.6 is 23.1 Å². The van der Waals surface area contributed by atoms with Gasteiger partial charge in [0.25, 0.3) is 0 Å². The van der Waals surface area contributed by atoms with Gasteiger partial charge in [-0.25, -0.2) is 4.98 Å². The van der Waals surface area contributed by atoms with E-state index in [9.17, 15) is 0 Å². The summed E-state index contributed by atoms with van der Waals surface area (Å²) in [6, 6.07) is 0. The van der Waals surface area contributed by atoms with Crippen LogP contribution in [0.25, 0.3) is 0 Å². The minimum Gasteiger partial charge on any atom is -0.249 e.